The van der Waals surface area contributed by atoms with Crippen molar-refractivity contribution in [2.75, 3.05) is 57.5 Å². The van der Waals surface area contributed by atoms with Crippen LogP contribution < -0.4 is 15.5 Å². The number of hydrogen-bond donors (Lipinski definition) is 2. The minimum absolute atomic E-state index is 0.134. The second-order valence-electron chi connectivity index (χ2n) is 6.42. The Labute approximate surface area is 164 Å². The predicted octanol–water partition coefficient (Wildman–Crippen LogP) is 1.66. The van der Waals surface area contributed by atoms with E-state index in [1.165, 1.54) is 15.6 Å². The SMILES string of the molecule is CCN(CCNC(=NC)NCCCN(C)S(=O)(=O)CC)c1cccc(C)c1. The molecule has 0 unspecified atom stereocenters. The summed E-state index contributed by atoms with van der Waals surface area (Å²) in [6.07, 6.45) is 0.723. The van der Waals surface area contributed by atoms with E-state index < -0.39 is 10.0 Å². The number of nitrogens with zero attached hydrogens (tertiary/aromatic N) is 3. The molecule has 0 aliphatic rings. The van der Waals surface area contributed by atoms with Gasteiger partial charge in [0.2, 0.25) is 10.0 Å². The highest BCUT2D eigenvalue weighted by Gasteiger charge is 2.14. The van der Waals surface area contributed by atoms with E-state index in [1.807, 2.05) is 0 Å². The number of rotatable bonds is 11. The maximum atomic E-state index is 11.7. The maximum absolute atomic E-state index is 11.7. The normalized spacial score (nSPS) is 12.3. The van der Waals surface area contributed by atoms with E-state index in [-0.39, 0.29) is 5.75 Å². The number of nitrogens with one attached hydrogen (secondary N) is 2. The fourth-order valence-electron chi connectivity index (χ4n) is 2.69. The summed E-state index contributed by atoms with van der Waals surface area (Å²) in [5.74, 6) is 0.867. The van der Waals surface area contributed by atoms with Crippen molar-refractivity contribution in [1.82, 2.24) is 14.9 Å². The van der Waals surface area contributed by atoms with E-state index in [1.54, 1.807) is 21.0 Å². The van der Waals surface area contributed by atoms with Crippen LogP contribution in [0, 0.1) is 6.92 Å². The van der Waals surface area contributed by atoms with Gasteiger partial charge >= 0.3 is 0 Å². The lowest BCUT2D eigenvalue weighted by Crippen LogP contribution is -2.42. The summed E-state index contributed by atoms with van der Waals surface area (Å²) in [5, 5.41) is 6.55. The van der Waals surface area contributed by atoms with Crippen molar-refractivity contribution >= 4 is 21.7 Å². The van der Waals surface area contributed by atoms with E-state index in [0.717, 1.165) is 32.0 Å². The van der Waals surface area contributed by atoms with Gasteiger partial charge in [-0.15, -0.1) is 0 Å². The maximum Gasteiger partial charge on any atom is 0.213 e. The van der Waals surface area contributed by atoms with Crippen LogP contribution in [-0.2, 0) is 10.0 Å². The molecular formula is C19H35N5O2S. The lowest BCUT2D eigenvalue weighted by Gasteiger charge is -2.24. The summed E-state index contributed by atoms with van der Waals surface area (Å²) in [7, 11) is 0.252. The van der Waals surface area contributed by atoms with Crippen LogP contribution >= 0.6 is 0 Å². The second kappa shape index (κ2) is 11.8. The quantitative estimate of drug-likeness (QED) is 0.337. The molecular weight excluding hydrogens is 362 g/mol. The van der Waals surface area contributed by atoms with E-state index >= 15 is 0 Å². The van der Waals surface area contributed by atoms with E-state index in [4.69, 9.17) is 0 Å². The Balaban J connectivity index is 2.35. The van der Waals surface area contributed by atoms with Gasteiger partial charge in [-0.05, 0) is 44.9 Å². The molecule has 2 N–H and O–H groups in total. The molecule has 0 radical (unpaired) electrons. The number of benzene rings is 1. The van der Waals surface area contributed by atoms with Crippen LogP contribution in [0.3, 0.4) is 0 Å². The number of sulfonamides is 1. The van der Waals surface area contributed by atoms with Crippen molar-refractivity contribution < 1.29 is 8.42 Å². The third kappa shape index (κ3) is 8.17. The van der Waals surface area contributed by atoms with E-state index in [2.05, 4.69) is 58.6 Å². The number of guanidine groups is 1. The molecule has 0 bridgehead atoms. The van der Waals surface area contributed by atoms with Gasteiger partial charge in [0.1, 0.15) is 0 Å². The fraction of sp³-hybridized carbons (Fsp3) is 0.632. The number of likely N-dealkylation sites (N-methyl/N-ethyl adjacent to an activating group) is 1. The Morgan fingerprint density at radius 3 is 2.44 bits per heavy atom. The molecule has 0 aliphatic heterocycles. The largest absolute Gasteiger partial charge is 0.370 e. The number of aryl methyl sites for hydroxylation is 1. The van der Waals surface area contributed by atoms with Gasteiger partial charge in [-0.3, -0.25) is 4.99 Å². The molecule has 8 heteroatoms. The van der Waals surface area contributed by atoms with Crippen molar-refractivity contribution in [3.63, 3.8) is 0 Å². The lowest BCUT2D eigenvalue weighted by atomic mass is 10.2. The molecule has 0 atom stereocenters. The van der Waals surface area contributed by atoms with Crippen LogP contribution in [0.25, 0.3) is 0 Å². The standard InChI is InChI=1S/C19H35N5O2S/c1-6-24(18-11-8-10-17(3)16-18)15-13-22-19(20-4)21-12-9-14-23(5)27(25,26)7-2/h8,10-11,16H,6-7,9,12-15H2,1-5H3,(H2,20,21,22). The molecule has 0 amide bonds. The second-order valence-corrected chi connectivity index (χ2v) is 8.78. The molecule has 1 aromatic carbocycles. The third-order valence-corrected chi connectivity index (χ3v) is 6.29. The minimum Gasteiger partial charge on any atom is -0.370 e. The molecule has 0 saturated heterocycles. The van der Waals surface area contributed by atoms with Gasteiger partial charge in [-0.1, -0.05) is 12.1 Å². The van der Waals surface area contributed by atoms with Crippen LogP contribution in [-0.4, -0.2) is 71.3 Å². The van der Waals surface area contributed by atoms with E-state index in [9.17, 15) is 8.42 Å². The Bertz CT molecular complexity index is 691. The Morgan fingerprint density at radius 1 is 1.15 bits per heavy atom. The molecule has 27 heavy (non-hydrogen) atoms. The highest BCUT2D eigenvalue weighted by molar-refractivity contribution is 7.89. The van der Waals surface area contributed by atoms with Gasteiger partial charge in [0.15, 0.2) is 5.96 Å². The molecule has 7 nitrogen and oxygen atoms in total. The summed E-state index contributed by atoms with van der Waals surface area (Å²) in [6, 6.07) is 8.50. The predicted molar refractivity (Wildman–Crippen MR) is 115 cm³/mol. The zero-order valence-electron chi connectivity index (χ0n) is 17.3. The summed E-state index contributed by atoms with van der Waals surface area (Å²) in [5.41, 5.74) is 2.48. The third-order valence-electron chi connectivity index (χ3n) is 4.43. The molecule has 0 aliphatic carbocycles. The number of hydrogen-bond acceptors (Lipinski definition) is 4. The van der Waals surface area contributed by atoms with Crippen LogP contribution in [0.4, 0.5) is 5.69 Å². The summed E-state index contributed by atoms with van der Waals surface area (Å²) >= 11 is 0. The van der Waals surface area contributed by atoms with Gasteiger partial charge in [0, 0.05) is 52.5 Å². The monoisotopic (exact) mass is 397 g/mol. The summed E-state index contributed by atoms with van der Waals surface area (Å²) in [6.45, 7) is 9.65. The highest BCUT2D eigenvalue weighted by Crippen LogP contribution is 2.14. The van der Waals surface area contributed by atoms with Crippen LogP contribution in [0.1, 0.15) is 25.8 Å². The Hall–Kier alpha value is -1.80. The average Bonchev–Trinajstić information content (AvgIpc) is 2.66. The first-order chi connectivity index (χ1) is 12.8. The number of aliphatic imine (C=N–C) groups is 1. The first-order valence-electron chi connectivity index (χ1n) is 9.54. The van der Waals surface area contributed by atoms with Crippen LogP contribution in [0.5, 0.6) is 0 Å². The van der Waals surface area contributed by atoms with Gasteiger partial charge in [0.25, 0.3) is 0 Å². The van der Waals surface area contributed by atoms with Crippen LogP contribution in [0.15, 0.2) is 29.3 Å². The number of anilines is 1. The smallest absolute Gasteiger partial charge is 0.213 e. The van der Waals surface area contributed by atoms with E-state index in [0.29, 0.717) is 13.1 Å². The van der Waals surface area contributed by atoms with Crippen molar-refractivity contribution in [3.8, 4) is 0 Å². The van der Waals surface area contributed by atoms with Crippen LogP contribution in [0.2, 0.25) is 0 Å². The summed E-state index contributed by atoms with van der Waals surface area (Å²) < 4.78 is 24.8. The van der Waals surface area contributed by atoms with Gasteiger partial charge in [-0.25, -0.2) is 12.7 Å². The van der Waals surface area contributed by atoms with Crippen molar-refractivity contribution in [3.05, 3.63) is 29.8 Å². The minimum atomic E-state index is -3.11. The van der Waals surface area contributed by atoms with Crippen molar-refractivity contribution in [1.29, 1.82) is 0 Å². The molecule has 1 rings (SSSR count). The van der Waals surface area contributed by atoms with Crippen molar-refractivity contribution in [2.24, 2.45) is 4.99 Å². The van der Waals surface area contributed by atoms with Gasteiger partial charge in [-0.2, -0.15) is 0 Å². The Kier molecular flexibility index (Phi) is 10.2. The Morgan fingerprint density at radius 2 is 1.85 bits per heavy atom. The van der Waals surface area contributed by atoms with Crippen molar-refractivity contribution in [2.45, 2.75) is 27.2 Å². The molecule has 0 saturated carbocycles. The molecule has 1 aromatic rings. The zero-order valence-corrected chi connectivity index (χ0v) is 18.1. The van der Waals surface area contributed by atoms with Gasteiger partial charge < -0.3 is 15.5 Å². The molecule has 154 valence electrons. The molecule has 0 fully saturated rings. The summed E-state index contributed by atoms with van der Waals surface area (Å²) in [4.78, 5) is 6.54. The first-order valence-corrected chi connectivity index (χ1v) is 11.1. The highest BCUT2D eigenvalue weighted by atomic mass is 32.2. The average molecular weight is 398 g/mol. The molecule has 0 heterocycles. The molecule has 0 aromatic heterocycles. The lowest BCUT2D eigenvalue weighted by molar-refractivity contribution is 0.461. The first kappa shape index (κ1) is 23.2. The topological polar surface area (TPSA) is 77.0 Å². The van der Waals surface area contributed by atoms with Gasteiger partial charge in [0.05, 0.1) is 5.75 Å². The zero-order chi connectivity index (χ0) is 20.3. The fourth-order valence-corrected chi connectivity index (χ4v) is 3.54. The molecule has 0 spiro atoms.